The van der Waals surface area contributed by atoms with Crippen LogP contribution in [0, 0.1) is 0 Å². The third-order valence-corrected chi connectivity index (χ3v) is 5.33. The second-order valence-electron chi connectivity index (χ2n) is 7.24. The van der Waals surface area contributed by atoms with E-state index < -0.39 is 0 Å². The van der Waals surface area contributed by atoms with Crippen LogP contribution in [-0.2, 0) is 10.2 Å². The quantitative estimate of drug-likeness (QED) is 0.644. The highest BCUT2D eigenvalue weighted by molar-refractivity contribution is 7.22. The number of thiazole rings is 1. The molecule has 0 spiro atoms. The lowest BCUT2D eigenvalue weighted by Gasteiger charge is -2.21. The molecule has 0 unspecified atom stereocenters. The summed E-state index contributed by atoms with van der Waals surface area (Å²) in [5.41, 5.74) is 2.83. The Kier molecular flexibility index (Phi) is 5.39. The first kappa shape index (κ1) is 18.5. The summed E-state index contributed by atoms with van der Waals surface area (Å²) in [6.45, 7) is 7.42. The molecule has 26 heavy (non-hydrogen) atoms. The lowest BCUT2D eigenvalue weighted by atomic mass is 9.86. The van der Waals surface area contributed by atoms with E-state index in [1.165, 1.54) is 16.9 Å². The maximum atomic E-state index is 13.1. The van der Waals surface area contributed by atoms with Crippen LogP contribution < -0.4 is 4.90 Å². The van der Waals surface area contributed by atoms with Gasteiger partial charge in [-0.3, -0.25) is 9.69 Å². The molecule has 1 aromatic heterocycles. The molecule has 2 aromatic carbocycles. The Bertz CT molecular complexity index is 861. The van der Waals surface area contributed by atoms with Gasteiger partial charge in [-0.2, -0.15) is 0 Å². The van der Waals surface area contributed by atoms with Gasteiger partial charge in [0.25, 0.3) is 5.91 Å². The van der Waals surface area contributed by atoms with E-state index in [1.807, 2.05) is 48.5 Å². The number of hydrogen-bond acceptors (Lipinski definition) is 4. The SMILES string of the molecule is COCCN(C(=O)c1ccc(C(C)(C)C)cc1)c1nc2ccccc2s1. The zero-order chi connectivity index (χ0) is 18.7. The molecule has 136 valence electrons. The van der Waals surface area contributed by atoms with Gasteiger partial charge in [-0.25, -0.2) is 4.98 Å². The van der Waals surface area contributed by atoms with Crippen LogP contribution in [0.2, 0.25) is 0 Å². The maximum absolute atomic E-state index is 13.1. The monoisotopic (exact) mass is 368 g/mol. The molecule has 0 N–H and O–H groups in total. The van der Waals surface area contributed by atoms with E-state index in [-0.39, 0.29) is 11.3 Å². The van der Waals surface area contributed by atoms with Crippen molar-refractivity contribution in [2.75, 3.05) is 25.2 Å². The minimum absolute atomic E-state index is 0.0541. The fraction of sp³-hybridized carbons (Fsp3) is 0.333. The van der Waals surface area contributed by atoms with Crippen molar-refractivity contribution >= 4 is 32.6 Å². The van der Waals surface area contributed by atoms with Crippen LogP contribution in [0.3, 0.4) is 0 Å². The smallest absolute Gasteiger partial charge is 0.260 e. The summed E-state index contributed by atoms with van der Waals surface area (Å²) in [7, 11) is 1.64. The van der Waals surface area contributed by atoms with Crippen LogP contribution in [0.1, 0.15) is 36.7 Å². The summed E-state index contributed by atoms with van der Waals surface area (Å²) < 4.78 is 6.27. The highest BCUT2D eigenvalue weighted by Crippen LogP contribution is 2.30. The van der Waals surface area contributed by atoms with Crippen molar-refractivity contribution in [1.82, 2.24) is 4.98 Å². The van der Waals surface area contributed by atoms with Crippen LogP contribution in [0.15, 0.2) is 48.5 Å². The van der Waals surface area contributed by atoms with Crippen molar-refractivity contribution in [2.24, 2.45) is 0 Å². The second kappa shape index (κ2) is 7.56. The minimum Gasteiger partial charge on any atom is -0.383 e. The third kappa shape index (κ3) is 3.94. The number of rotatable bonds is 5. The Balaban J connectivity index is 1.92. The Morgan fingerprint density at radius 1 is 1.12 bits per heavy atom. The number of aromatic nitrogens is 1. The topological polar surface area (TPSA) is 42.4 Å². The third-order valence-electron chi connectivity index (χ3n) is 4.28. The number of nitrogens with zero attached hydrogens (tertiary/aromatic N) is 2. The predicted molar refractivity (Wildman–Crippen MR) is 108 cm³/mol. The largest absolute Gasteiger partial charge is 0.383 e. The summed E-state index contributed by atoms with van der Waals surface area (Å²) >= 11 is 1.52. The predicted octanol–water partition coefficient (Wildman–Crippen LogP) is 4.89. The van der Waals surface area contributed by atoms with Crippen molar-refractivity contribution in [1.29, 1.82) is 0 Å². The first-order valence-corrected chi connectivity index (χ1v) is 9.49. The fourth-order valence-corrected chi connectivity index (χ4v) is 3.70. The molecule has 0 aliphatic carbocycles. The Morgan fingerprint density at radius 2 is 1.81 bits per heavy atom. The molecule has 4 nitrogen and oxygen atoms in total. The van der Waals surface area contributed by atoms with Gasteiger partial charge in [0.15, 0.2) is 5.13 Å². The first-order valence-electron chi connectivity index (χ1n) is 8.67. The number of benzene rings is 2. The lowest BCUT2D eigenvalue weighted by molar-refractivity contribution is 0.0976. The van der Waals surface area contributed by atoms with Crippen LogP contribution in [0.4, 0.5) is 5.13 Å². The average molecular weight is 369 g/mol. The molecular formula is C21H24N2O2S. The summed E-state index contributed by atoms with van der Waals surface area (Å²) in [6, 6.07) is 15.8. The van der Waals surface area contributed by atoms with Crippen molar-refractivity contribution in [2.45, 2.75) is 26.2 Å². The minimum atomic E-state index is -0.0541. The molecule has 0 radical (unpaired) electrons. The molecule has 3 rings (SSSR count). The standard InChI is InChI=1S/C21H24N2O2S/c1-21(2,3)16-11-9-15(10-12-16)19(24)23(13-14-25-4)20-22-17-7-5-6-8-18(17)26-20/h5-12H,13-14H2,1-4H3. The highest BCUT2D eigenvalue weighted by Gasteiger charge is 2.22. The maximum Gasteiger partial charge on any atom is 0.260 e. The zero-order valence-electron chi connectivity index (χ0n) is 15.7. The van der Waals surface area contributed by atoms with E-state index in [0.29, 0.717) is 23.8 Å². The van der Waals surface area contributed by atoms with Gasteiger partial charge >= 0.3 is 0 Å². The lowest BCUT2D eigenvalue weighted by Crippen LogP contribution is -2.33. The molecule has 0 saturated heterocycles. The molecule has 1 heterocycles. The number of para-hydroxylation sites is 1. The number of carbonyl (C=O) groups excluding carboxylic acids is 1. The van der Waals surface area contributed by atoms with Gasteiger partial charge in [-0.05, 0) is 35.2 Å². The Hall–Kier alpha value is -2.24. The van der Waals surface area contributed by atoms with Gasteiger partial charge in [0.1, 0.15) is 0 Å². The number of fused-ring (bicyclic) bond motifs is 1. The van der Waals surface area contributed by atoms with E-state index in [2.05, 4.69) is 25.8 Å². The first-order chi connectivity index (χ1) is 12.4. The fourth-order valence-electron chi connectivity index (χ4n) is 2.71. The second-order valence-corrected chi connectivity index (χ2v) is 8.25. The Labute approximate surface area is 158 Å². The van der Waals surface area contributed by atoms with Gasteiger partial charge in [0.2, 0.25) is 0 Å². The molecule has 0 atom stereocenters. The number of methoxy groups -OCH3 is 1. The van der Waals surface area contributed by atoms with Crippen molar-refractivity contribution < 1.29 is 9.53 Å². The van der Waals surface area contributed by atoms with Crippen LogP contribution in [0.25, 0.3) is 10.2 Å². The summed E-state index contributed by atoms with van der Waals surface area (Å²) in [5.74, 6) is -0.0541. The highest BCUT2D eigenvalue weighted by atomic mass is 32.1. The van der Waals surface area contributed by atoms with E-state index in [0.717, 1.165) is 10.2 Å². The van der Waals surface area contributed by atoms with Gasteiger partial charge < -0.3 is 4.74 Å². The van der Waals surface area contributed by atoms with Gasteiger partial charge in [-0.1, -0.05) is 56.4 Å². The summed E-state index contributed by atoms with van der Waals surface area (Å²) in [4.78, 5) is 19.5. The van der Waals surface area contributed by atoms with Crippen molar-refractivity contribution in [3.05, 3.63) is 59.7 Å². The normalized spacial score (nSPS) is 11.7. The Morgan fingerprint density at radius 3 is 2.42 bits per heavy atom. The molecule has 1 amide bonds. The summed E-state index contributed by atoms with van der Waals surface area (Å²) in [6.07, 6.45) is 0. The zero-order valence-corrected chi connectivity index (χ0v) is 16.5. The van der Waals surface area contributed by atoms with Crippen LogP contribution in [-0.4, -0.2) is 31.2 Å². The van der Waals surface area contributed by atoms with Crippen molar-refractivity contribution in [3.63, 3.8) is 0 Å². The number of hydrogen-bond donors (Lipinski definition) is 0. The number of anilines is 1. The van der Waals surface area contributed by atoms with Crippen molar-refractivity contribution in [3.8, 4) is 0 Å². The van der Waals surface area contributed by atoms with Crippen LogP contribution >= 0.6 is 11.3 Å². The number of ether oxygens (including phenoxy) is 1. The molecular weight excluding hydrogens is 344 g/mol. The van der Waals surface area contributed by atoms with Crippen LogP contribution in [0.5, 0.6) is 0 Å². The molecule has 0 fully saturated rings. The molecule has 0 aliphatic heterocycles. The van der Waals surface area contributed by atoms with E-state index >= 15 is 0 Å². The van der Waals surface area contributed by atoms with E-state index in [1.54, 1.807) is 12.0 Å². The number of amides is 1. The van der Waals surface area contributed by atoms with Gasteiger partial charge in [0.05, 0.1) is 23.4 Å². The number of carbonyl (C=O) groups is 1. The molecule has 0 aliphatic rings. The molecule has 0 saturated carbocycles. The average Bonchev–Trinajstić information content (AvgIpc) is 3.05. The van der Waals surface area contributed by atoms with Gasteiger partial charge in [0, 0.05) is 12.7 Å². The summed E-state index contributed by atoms with van der Waals surface area (Å²) in [5, 5.41) is 0.702. The van der Waals surface area contributed by atoms with E-state index in [4.69, 9.17) is 4.74 Å². The molecule has 3 aromatic rings. The van der Waals surface area contributed by atoms with E-state index in [9.17, 15) is 4.79 Å². The van der Waals surface area contributed by atoms with Gasteiger partial charge in [-0.15, -0.1) is 0 Å². The molecule has 5 heteroatoms. The molecule has 0 bridgehead atoms.